The van der Waals surface area contributed by atoms with Crippen LogP contribution in [-0.4, -0.2) is 48.2 Å². The number of anilines is 2. The van der Waals surface area contributed by atoms with Crippen molar-refractivity contribution in [3.8, 4) is 0 Å². The molecule has 4 rings (SSSR count). The summed E-state index contributed by atoms with van der Waals surface area (Å²) in [5, 5.41) is 0. The minimum absolute atomic E-state index is 0.109. The Morgan fingerprint density at radius 1 is 1.38 bits per heavy atom. The topological polar surface area (TPSA) is 78.5 Å². The van der Waals surface area contributed by atoms with E-state index in [1.165, 1.54) is 11.0 Å². The largest absolute Gasteiger partial charge is 0.378 e. The zero-order chi connectivity index (χ0) is 19.9. The summed E-state index contributed by atoms with van der Waals surface area (Å²) in [5.74, 6) is 0.500. The minimum Gasteiger partial charge on any atom is -0.378 e. The number of fused-ring (bicyclic) bond motifs is 1. The Morgan fingerprint density at radius 2 is 2.15 bits per heavy atom. The van der Waals surface area contributed by atoms with Crippen LogP contribution in [0.3, 0.4) is 0 Å². The van der Waals surface area contributed by atoms with Gasteiger partial charge in [0.25, 0.3) is 5.56 Å². The molecule has 1 saturated heterocycles. The third-order valence-electron chi connectivity index (χ3n) is 4.61. The number of nitrogens with zero attached hydrogens (tertiary/aromatic N) is 3. The van der Waals surface area contributed by atoms with E-state index in [9.17, 15) is 9.59 Å². The molecule has 0 bridgehead atoms. The fourth-order valence-electron chi connectivity index (χ4n) is 3.41. The Hall–Kier alpha value is -2.67. The Labute approximate surface area is 154 Å². The lowest BCUT2D eigenvalue weighted by molar-refractivity contribution is -0.118. The van der Waals surface area contributed by atoms with Gasteiger partial charge in [-0.25, -0.2) is 4.98 Å². The van der Waals surface area contributed by atoms with Crippen LogP contribution in [0.1, 0.15) is 21.1 Å². The molecule has 1 aromatic carbocycles. The Morgan fingerprint density at radius 3 is 2.96 bits per heavy atom. The molecular weight excluding hydrogens is 332 g/mol. The first-order chi connectivity index (χ1) is 13.4. The zero-order valence-corrected chi connectivity index (χ0v) is 14.6. The van der Waals surface area contributed by atoms with E-state index >= 15 is 0 Å². The van der Waals surface area contributed by atoms with Crippen molar-refractivity contribution < 1.29 is 12.3 Å². The van der Waals surface area contributed by atoms with Gasteiger partial charge >= 0.3 is 0 Å². The molecule has 1 fully saturated rings. The van der Waals surface area contributed by atoms with Crippen molar-refractivity contribution in [2.45, 2.75) is 25.8 Å². The van der Waals surface area contributed by atoms with Gasteiger partial charge in [0.1, 0.15) is 11.6 Å². The summed E-state index contributed by atoms with van der Waals surface area (Å²) in [6.07, 6.45) is -1.75. The van der Waals surface area contributed by atoms with Crippen molar-refractivity contribution in [1.29, 1.82) is 0 Å². The molecule has 7 heteroatoms. The number of hydrogen-bond acceptors (Lipinski definition) is 5. The molecule has 0 saturated carbocycles. The average Bonchev–Trinajstić information content (AvgIpc) is 2.88. The Bertz CT molecular complexity index is 956. The van der Waals surface area contributed by atoms with Crippen LogP contribution in [0, 0.1) is 0 Å². The first-order valence-corrected chi connectivity index (χ1v) is 8.72. The maximum atomic E-state index is 13.0. The first-order valence-electron chi connectivity index (χ1n) is 9.72. The molecule has 0 aliphatic carbocycles. The van der Waals surface area contributed by atoms with E-state index in [-0.39, 0.29) is 23.7 Å². The summed E-state index contributed by atoms with van der Waals surface area (Å²) in [7, 11) is 0. The number of benzene rings is 1. The van der Waals surface area contributed by atoms with Gasteiger partial charge in [-0.2, -0.15) is 0 Å². The van der Waals surface area contributed by atoms with Crippen molar-refractivity contribution >= 4 is 17.4 Å². The molecule has 3 heterocycles. The quantitative estimate of drug-likeness (QED) is 0.892. The molecule has 2 aliphatic heterocycles. The molecule has 136 valence electrons. The van der Waals surface area contributed by atoms with Crippen molar-refractivity contribution in [2.24, 2.45) is 0 Å². The van der Waals surface area contributed by atoms with Gasteiger partial charge in [0, 0.05) is 33.6 Å². The number of ether oxygens (including phenoxy) is 1. The van der Waals surface area contributed by atoms with Crippen molar-refractivity contribution in [3.63, 3.8) is 0 Å². The van der Waals surface area contributed by atoms with Crippen molar-refractivity contribution in [3.05, 3.63) is 52.1 Å². The summed E-state index contributed by atoms with van der Waals surface area (Å²) < 4.78 is 22.0. The summed E-state index contributed by atoms with van der Waals surface area (Å²) in [5.41, 5.74) is 0.751. The number of aromatic amines is 1. The van der Waals surface area contributed by atoms with Gasteiger partial charge in [0.05, 0.1) is 19.6 Å². The molecule has 0 spiro atoms. The average molecular weight is 356 g/mol. The van der Waals surface area contributed by atoms with E-state index in [0.717, 1.165) is 0 Å². The third kappa shape index (κ3) is 3.22. The highest BCUT2D eigenvalue weighted by molar-refractivity contribution is 5.97. The van der Waals surface area contributed by atoms with Gasteiger partial charge in [-0.15, -0.1) is 0 Å². The van der Waals surface area contributed by atoms with Crippen molar-refractivity contribution in [2.75, 3.05) is 36.1 Å². The molecule has 0 radical (unpaired) electrons. The zero-order valence-electron chi connectivity index (χ0n) is 16.6. The second kappa shape index (κ2) is 6.92. The highest BCUT2D eigenvalue weighted by atomic mass is 16.5. The maximum absolute atomic E-state index is 13.0. The SMILES string of the molecule is [2H]C1([2H])c2ccccc2N(C(=O)Cc2nc(N3CCOCC3)cc(=O)[nH]2)C1C. The number of hydrogen-bond donors (Lipinski definition) is 1. The molecule has 1 N–H and O–H groups in total. The van der Waals surface area contributed by atoms with E-state index in [2.05, 4.69) is 9.97 Å². The lowest BCUT2D eigenvalue weighted by atomic mass is 10.1. The smallest absolute Gasteiger partial charge is 0.252 e. The lowest BCUT2D eigenvalue weighted by Crippen LogP contribution is -2.39. The van der Waals surface area contributed by atoms with E-state index in [4.69, 9.17) is 7.48 Å². The number of aromatic nitrogens is 2. The molecule has 7 nitrogen and oxygen atoms in total. The Kier molecular flexibility index (Phi) is 3.85. The fraction of sp³-hybridized carbons (Fsp3) is 0.421. The lowest BCUT2D eigenvalue weighted by Gasteiger charge is -2.28. The number of rotatable bonds is 3. The molecule has 2 aliphatic rings. The predicted octanol–water partition coefficient (Wildman–Crippen LogP) is 1.13. The summed E-state index contributed by atoms with van der Waals surface area (Å²) in [4.78, 5) is 35.6. The number of nitrogens with one attached hydrogen (secondary N) is 1. The van der Waals surface area contributed by atoms with Crippen LogP contribution in [0.5, 0.6) is 0 Å². The predicted molar refractivity (Wildman–Crippen MR) is 98.7 cm³/mol. The van der Waals surface area contributed by atoms with E-state index < -0.39 is 12.4 Å². The van der Waals surface area contributed by atoms with Gasteiger partial charge in [0.2, 0.25) is 5.91 Å². The van der Waals surface area contributed by atoms with E-state index in [1.807, 2.05) is 4.90 Å². The number of H-pyrrole nitrogens is 1. The molecule has 1 atom stereocenters. The first kappa shape index (κ1) is 14.5. The van der Waals surface area contributed by atoms with Crippen LogP contribution in [0.4, 0.5) is 11.5 Å². The fourth-order valence-corrected chi connectivity index (χ4v) is 3.41. The van der Waals surface area contributed by atoms with Crippen LogP contribution >= 0.6 is 0 Å². The molecule has 2 aromatic rings. The van der Waals surface area contributed by atoms with Crippen LogP contribution in [0.15, 0.2) is 35.1 Å². The van der Waals surface area contributed by atoms with Crippen molar-refractivity contribution in [1.82, 2.24) is 9.97 Å². The second-order valence-corrected chi connectivity index (χ2v) is 6.43. The number of para-hydroxylation sites is 1. The second-order valence-electron chi connectivity index (χ2n) is 6.43. The summed E-state index contributed by atoms with van der Waals surface area (Å²) in [6.45, 7) is 4.11. The number of amides is 1. The van der Waals surface area contributed by atoms with Gasteiger partial charge < -0.3 is 19.5 Å². The number of morpholine rings is 1. The highest BCUT2D eigenvalue weighted by Gasteiger charge is 2.30. The van der Waals surface area contributed by atoms with Gasteiger partial charge in [-0.1, -0.05) is 18.2 Å². The van der Waals surface area contributed by atoms with Gasteiger partial charge in [-0.3, -0.25) is 9.59 Å². The molecular formula is C19H22N4O3. The molecule has 26 heavy (non-hydrogen) atoms. The molecule has 1 amide bonds. The van der Waals surface area contributed by atoms with Crippen LogP contribution in [0.2, 0.25) is 0 Å². The standard InChI is InChI=1S/C19H22N4O3/c1-13-10-14-4-2-3-5-15(14)23(13)19(25)11-16-20-17(12-18(24)21-16)22-6-8-26-9-7-22/h2-5,12-13H,6-11H2,1H3,(H,20,21,24)/i10D2. The van der Waals surface area contributed by atoms with E-state index in [0.29, 0.717) is 43.4 Å². The molecule has 1 unspecified atom stereocenters. The number of carbonyl (C=O) groups excluding carboxylic acids is 1. The Balaban J connectivity index is 1.61. The summed E-state index contributed by atoms with van der Waals surface area (Å²) >= 11 is 0. The van der Waals surface area contributed by atoms with Crippen LogP contribution in [-0.2, 0) is 22.3 Å². The van der Waals surface area contributed by atoms with E-state index in [1.54, 1.807) is 31.2 Å². The number of carbonyl (C=O) groups is 1. The third-order valence-corrected chi connectivity index (χ3v) is 4.61. The van der Waals surface area contributed by atoms with Gasteiger partial charge in [-0.05, 0) is 24.9 Å². The van der Waals surface area contributed by atoms with Crippen LogP contribution < -0.4 is 15.4 Å². The summed E-state index contributed by atoms with van der Waals surface area (Å²) in [6, 6.07) is 7.78. The normalized spacial score (nSPS) is 22.6. The van der Waals surface area contributed by atoms with Gasteiger partial charge in [0.15, 0.2) is 0 Å². The minimum atomic E-state index is -1.64. The highest BCUT2D eigenvalue weighted by Crippen LogP contribution is 2.32. The monoisotopic (exact) mass is 356 g/mol. The van der Waals surface area contributed by atoms with Crippen LogP contribution in [0.25, 0.3) is 0 Å². The maximum Gasteiger partial charge on any atom is 0.252 e. The molecule has 1 aromatic heterocycles.